The average molecular weight is 423 g/mol. The summed E-state index contributed by atoms with van der Waals surface area (Å²) in [5, 5.41) is 19.0. The van der Waals surface area contributed by atoms with Crippen LogP contribution in [0.3, 0.4) is 0 Å². The first-order chi connectivity index (χ1) is 14.9. The van der Waals surface area contributed by atoms with Crippen molar-refractivity contribution in [1.82, 2.24) is 0 Å². The van der Waals surface area contributed by atoms with Crippen LogP contribution in [0.25, 0.3) is 11.1 Å². The third-order valence-electron chi connectivity index (χ3n) is 5.42. The largest absolute Gasteiger partial charge is 0.507 e. The molecule has 0 saturated carbocycles. The summed E-state index contributed by atoms with van der Waals surface area (Å²) in [7, 11) is 0. The first-order valence-corrected chi connectivity index (χ1v) is 10.4. The van der Waals surface area contributed by atoms with Gasteiger partial charge in [-0.2, -0.15) is 5.26 Å². The van der Waals surface area contributed by atoms with E-state index in [0.717, 1.165) is 37.3 Å². The minimum absolute atomic E-state index is 0.00854. The van der Waals surface area contributed by atoms with Gasteiger partial charge in [0.15, 0.2) is 0 Å². The second kappa shape index (κ2) is 10.2. The molecule has 160 valence electrons. The lowest BCUT2D eigenvalue weighted by atomic mass is 9.95. The lowest BCUT2D eigenvalue weighted by Crippen LogP contribution is -2.02. The maximum atomic E-state index is 15.2. The van der Waals surface area contributed by atoms with Crippen molar-refractivity contribution in [2.45, 2.75) is 45.4 Å². The lowest BCUT2D eigenvalue weighted by molar-refractivity contribution is 0.459. The average Bonchev–Trinajstić information content (AvgIpc) is 2.75. The Morgan fingerprint density at radius 3 is 2.19 bits per heavy atom. The summed E-state index contributed by atoms with van der Waals surface area (Å²) < 4.78 is 43.4. The smallest absolute Gasteiger partial charge is 0.141 e. The fourth-order valence-electron chi connectivity index (χ4n) is 3.64. The maximum Gasteiger partial charge on any atom is 0.141 e. The molecule has 0 heterocycles. The van der Waals surface area contributed by atoms with Crippen molar-refractivity contribution < 1.29 is 18.3 Å². The molecule has 0 aliphatic rings. The zero-order valence-corrected chi connectivity index (χ0v) is 17.4. The summed E-state index contributed by atoms with van der Waals surface area (Å²) >= 11 is 0. The zero-order chi connectivity index (χ0) is 22.4. The first kappa shape index (κ1) is 22.4. The molecular weight excluding hydrogens is 399 g/mol. The number of hydrogen-bond acceptors (Lipinski definition) is 2. The molecule has 3 aromatic rings. The summed E-state index contributed by atoms with van der Waals surface area (Å²) in [4.78, 5) is 0. The number of benzene rings is 3. The Labute approximate surface area is 180 Å². The maximum absolute atomic E-state index is 15.2. The summed E-state index contributed by atoms with van der Waals surface area (Å²) in [5.41, 5.74) is 1.85. The number of hydrogen-bond donors (Lipinski definition) is 1. The van der Waals surface area contributed by atoms with E-state index in [4.69, 9.17) is 5.26 Å². The van der Waals surface area contributed by atoms with Gasteiger partial charge in [-0.3, -0.25) is 0 Å². The highest BCUT2D eigenvalue weighted by atomic mass is 19.1. The molecule has 0 fully saturated rings. The molecule has 0 atom stereocenters. The molecule has 0 unspecified atom stereocenters. The quantitative estimate of drug-likeness (QED) is 0.402. The number of nitrogens with zero attached hydrogens (tertiary/aromatic N) is 1. The van der Waals surface area contributed by atoms with Crippen LogP contribution in [0.1, 0.15) is 48.4 Å². The standard InChI is InChI=1S/C26H24F3NO/c1-2-3-4-5-17-6-10-19(11-7-17)25-24(31)15-23(28)21(26(25)29)13-9-18-8-12-20(16-30)22(27)14-18/h6-8,10-12,14-15,31H,2-5,9,13H2,1H3. The molecule has 0 saturated heterocycles. The van der Waals surface area contributed by atoms with Crippen molar-refractivity contribution in [3.63, 3.8) is 0 Å². The summed E-state index contributed by atoms with van der Waals surface area (Å²) in [5.74, 6) is -2.78. The van der Waals surface area contributed by atoms with Crippen molar-refractivity contribution >= 4 is 0 Å². The Hall–Kier alpha value is -3.26. The highest BCUT2D eigenvalue weighted by Gasteiger charge is 2.20. The van der Waals surface area contributed by atoms with Crippen LogP contribution in [-0.2, 0) is 19.3 Å². The minimum atomic E-state index is -0.843. The summed E-state index contributed by atoms with van der Waals surface area (Å²) in [6, 6.07) is 14.0. The van der Waals surface area contributed by atoms with Gasteiger partial charge in [-0.1, -0.05) is 50.1 Å². The molecule has 2 nitrogen and oxygen atoms in total. The van der Waals surface area contributed by atoms with Crippen molar-refractivity contribution in [1.29, 1.82) is 5.26 Å². The molecule has 3 rings (SSSR count). The molecule has 0 amide bonds. The Bertz CT molecular complexity index is 1100. The molecular formula is C26H24F3NO. The first-order valence-electron chi connectivity index (χ1n) is 10.4. The number of unbranched alkanes of at least 4 members (excludes halogenated alkanes) is 2. The third kappa shape index (κ3) is 5.27. The molecule has 31 heavy (non-hydrogen) atoms. The molecule has 5 heteroatoms. The van der Waals surface area contributed by atoms with E-state index in [9.17, 15) is 13.9 Å². The fourth-order valence-corrected chi connectivity index (χ4v) is 3.64. The second-order valence-electron chi connectivity index (χ2n) is 7.63. The van der Waals surface area contributed by atoms with Crippen LogP contribution in [0, 0.1) is 28.8 Å². The SMILES string of the molecule is CCCCCc1ccc(-c2c(O)cc(F)c(CCc3ccc(C#N)c(F)c3)c2F)cc1. The summed E-state index contributed by atoms with van der Waals surface area (Å²) in [6.45, 7) is 2.14. The van der Waals surface area contributed by atoms with E-state index >= 15 is 4.39 Å². The molecule has 0 aliphatic carbocycles. The van der Waals surface area contributed by atoms with Gasteiger partial charge < -0.3 is 5.11 Å². The van der Waals surface area contributed by atoms with E-state index in [2.05, 4.69) is 6.92 Å². The van der Waals surface area contributed by atoms with Crippen LogP contribution in [0.4, 0.5) is 13.2 Å². The Balaban J connectivity index is 1.84. The van der Waals surface area contributed by atoms with Gasteiger partial charge in [-0.25, -0.2) is 13.2 Å². The van der Waals surface area contributed by atoms with E-state index in [1.54, 1.807) is 24.3 Å². The van der Waals surface area contributed by atoms with Crippen LogP contribution >= 0.6 is 0 Å². The predicted molar refractivity (Wildman–Crippen MR) is 115 cm³/mol. The second-order valence-corrected chi connectivity index (χ2v) is 7.63. The molecule has 0 radical (unpaired) electrons. The van der Waals surface area contributed by atoms with Gasteiger partial charge in [0.25, 0.3) is 0 Å². The normalized spacial score (nSPS) is 10.8. The Morgan fingerprint density at radius 2 is 1.55 bits per heavy atom. The van der Waals surface area contributed by atoms with Gasteiger partial charge in [-0.15, -0.1) is 0 Å². The number of phenolic OH excluding ortho intramolecular Hbond substituents is 1. The molecule has 3 aromatic carbocycles. The van der Waals surface area contributed by atoms with E-state index in [-0.39, 0.29) is 29.5 Å². The van der Waals surface area contributed by atoms with E-state index in [1.807, 2.05) is 12.1 Å². The molecule has 1 N–H and O–H groups in total. The molecule has 0 aromatic heterocycles. The predicted octanol–water partition coefficient (Wildman–Crippen LogP) is 6.87. The van der Waals surface area contributed by atoms with Crippen LogP contribution in [0.2, 0.25) is 0 Å². The summed E-state index contributed by atoms with van der Waals surface area (Å²) in [6.07, 6.45) is 4.46. The highest BCUT2D eigenvalue weighted by molar-refractivity contribution is 5.72. The van der Waals surface area contributed by atoms with Gasteiger partial charge in [0.2, 0.25) is 0 Å². The minimum Gasteiger partial charge on any atom is -0.507 e. The number of nitriles is 1. The molecule has 0 bridgehead atoms. The monoisotopic (exact) mass is 423 g/mol. The van der Waals surface area contributed by atoms with Gasteiger partial charge in [-0.05, 0) is 54.5 Å². The van der Waals surface area contributed by atoms with Crippen molar-refractivity contribution in [2.24, 2.45) is 0 Å². The highest BCUT2D eigenvalue weighted by Crippen LogP contribution is 2.36. The topological polar surface area (TPSA) is 44.0 Å². The van der Waals surface area contributed by atoms with Crippen LogP contribution in [0.5, 0.6) is 5.75 Å². The van der Waals surface area contributed by atoms with E-state index < -0.39 is 23.2 Å². The third-order valence-corrected chi connectivity index (χ3v) is 5.42. The Morgan fingerprint density at radius 1 is 0.839 bits per heavy atom. The van der Waals surface area contributed by atoms with Crippen molar-refractivity contribution in [3.8, 4) is 22.9 Å². The number of aryl methyl sites for hydroxylation is 2. The number of phenols is 1. The van der Waals surface area contributed by atoms with Gasteiger partial charge in [0.1, 0.15) is 29.3 Å². The van der Waals surface area contributed by atoms with Crippen LogP contribution in [-0.4, -0.2) is 5.11 Å². The zero-order valence-electron chi connectivity index (χ0n) is 17.4. The van der Waals surface area contributed by atoms with E-state index in [0.29, 0.717) is 11.1 Å². The lowest BCUT2D eigenvalue weighted by Gasteiger charge is -2.13. The number of aromatic hydroxyl groups is 1. The van der Waals surface area contributed by atoms with Gasteiger partial charge >= 0.3 is 0 Å². The molecule has 0 aliphatic heterocycles. The van der Waals surface area contributed by atoms with Crippen LogP contribution in [0.15, 0.2) is 48.5 Å². The van der Waals surface area contributed by atoms with Crippen molar-refractivity contribution in [2.75, 3.05) is 0 Å². The van der Waals surface area contributed by atoms with Gasteiger partial charge in [0.05, 0.1) is 11.1 Å². The van der Waals surface area contributed by atoms with Crippen LogP contribution < -0.4 is 0 Å². The molecule has 0 spiro atoms. The Kier molecular flexibility index (Phi) is 7.36. The van der Waals surface area contributed by atoms with E-state index in [1.165, 1.54) is 12.1 Å². The fraction of sp³-hybridized carbons (Fsp3) is 0.269. The van der Waals surface area contributed by atoms with Crippen molar-refractivity contribution in [3.05, 3.63) is 88.2 Å². The van der Waals surface area contributed by atoms with Gasteiger partial charge in [0, 0.05) is 11.6 Å². The number of halogens is 3. The number of rotatable bonds is 8.